The van der Waals surface area contributed by atoms with E-state index in [0.29, 0.717) is 12.0 Å². The molecule has 0 aliphatic rings. The molecule has 0 fully saturated rings. The number of nitrogens with zero attached hydrogens (tertiary/aromatic N) is 1. The van der Waals surface area contributed by atoms with Gasteiger partial charge < -0.3 is 15.0 Å². The number of amides is 1. The second-order valence-electron chi connectivity index (χ2n) is 6.94. The number of aromatic amines is 1. The van der Waals surface area contributed by atoms with Gasteiger partial charge in [-0.15, -0.1) is 0 Å². The fourth-order valence-corrected chi connectivity index (χ4v) is 3.19. The van der Waals surface area contributed by atoms with E-state index in [1.165, 1.54) is 0 Å². The van der Waals surface area contributed by atoms with Crippen molar-refractivity contribution >= 4 is 22.9 Å². The third kappa shape index (κ3) is 4.72. The van der Waals surface area contributed by atoms with Gasteiger partial charge in [0.25, 0.3) is 5.91 Å². The summed E-state index contributed by atoms with van der Waals surface area (Å²) >= 11 is 0. The van der Waals surface area contributed by atoms with Gasteiger partial charge in [-0.05, 0) is 29.3 Å². The zero-order valence-electron chi connectivity index (χ0n) is 16.2. The average Bonchev–Trinajstić information content (AvgIpc) is 3.26. The molecule has 4 aromatic rings. The van der Waals surface area contributed by atoms with Crippen molar-refractivity contribution in [3.8, 4) is 0 Å². The summed E-state index contributed by atoms with van der Waals surface area (Å²) in [6.07, 6.45) is 1.91. The zero-order chi connectivity index (χ0) is 20.8. The first kappa shape index (κ1) is 19.4. The minimum Gasteiger partial charge on any atom is -0.459 e. The van der Waals surface area contributed by atoms with Gasteiger partial charge in [0.2, 0.25) is 0 Å². The molecule has 6 heteroatoms. The first-order valence-electron chi connectivity index (χ1n) is 9.67. The van der Waals surface area contributed by atoms with Gasteiger partial charge in [-0.1, -0.05) is 60.7 Å². The monoisotopic (exact) mass is 399 g/mol. The van der Waals surface area contributed by atoms with E-state index in [1.807, 2.05) is 60.7 Å². The molecule has 0 bridgehead atoms. The second kappa shape index (κ2) is 9.05. The number of carbonyl (C=O) groups excluding carboxylic acids is 2. The number of aromatic nitrogens is 2. The van der Waals surface area contributed by atoms with E-state index >= 15 is 0 Å². The molecule has 3 aromatic carbocycles. The standard InChI is InChI=1S/C24H21N3O3/c28-23(19-11-12-20-21(14-19)26-16-25-20)27-22(13-17-7-3-1-4-8-17)24(29)30-15-18-9-5-2-6-10-18/h1-12,14,16,22H,13,15H2,(H,25,26)(H,27,28)/t22-/m0/s1. The summed E-state index contributed by atoms with van der Waals surface area (Å²) in [6.45, 7) is 0.154. The van der Waals surface area contributed by atoms with Crippen molar-refractivity contribution in [1.29, 1.82) is 0 Å². The lowest BCUT2D eigenvalue weighted by Crippen LogP contribution is -2.43. The molecule has 0 aliphatic heterocycles. The molecule has 1 amide bonds. The maximum atomic E-state index is 12.8. The third-order valence-electron chi connectivity index (χ3n) is 4.78. The maximum Gasteiger partial charge on any atom is 0.329 e. The van der Waals surface area contributed by atoms with Crippen LogP contribution in [0.4, 0.5) is 0 Å². The number of hydrogen-bond acceptors (Lipinski definition) is 4. The van der Waals surface area contributed by atoms with Crippen LogP contribution in [0.3, 0.4) is 0 Å². The van der Waals surface area contributed by atoms with Gasteiger partial charge in [-0.3, -0.25) is 4.79 Å². The summed E-state index contributed by atoms with van der Waals surface area (Å²) in [4.78, 5) is 32.8. The Morgan fingerprint density at radius 1 is 0.933 bits per heavy atom. The lowest BCUT2D eigenvalue weighted by molar-refractivity contribution is -0.147. The molecule has 0 unspecified atom stereocenters. The number of H-pyrrole nitrogens is 1. The highest BCUT2D eigenvalue weighted by atomic mass is 16.5. The number of esters is 1. The number of benzene rings is 3. The summed E-state index contributed by atoms with van der Waals surface area (Å²) in [6, 6.07) is 23.4. The molecule has 2 N–H and O–H groups in total. The Morgan fingerprint density at radius 3 is 2.37 bits per heavy atom. The van der Waals surface area contributed by atoms with Crippen LogP contribution in [0.1, 0.15) is 21.5 Å². The van der Waals surface area contributed by atoms with Crippen molar-refractivity contribution in [2.75, 3.05) is 0 Å². The topological polar surface area (TPSA) is 84.1 Å². The van der Waals surface area contributed by atoms with Crippen LogP contribution in [0.5, 0.6) is 0 Å². The molecule has 1 atom stereocenters. The summed E-state index contributed by atoms with van der Waals surface area (Å²) < 4.78 is 5.49. The van der Waals surface area contributed by atoms with Crippen LogP contribution in [-0.2, 0) is 22.6 Å². The Balaban J connectivity index is 1.49. The highest BCUT2D eigenvalue weighted by Gasteiger charge is 2.24. The van der Waals surface area contributed by atoms with E-state index in [1.54, 1.807) is 24.5 Å². The molecular weight excluding hydrogens is 378 g/mol. The summed E-state index contributed by atoms with van der Waals surface area (Å²) in [5, 5.41) is 2.83. The van der Waals surface area contributed by atoms with Gasteiger partial charge in [0.15, 0.2) is 0 Å². The van der Waals surface area contributed by atoms with Crippen molar-refractivity contribution in [3.05, 3.63) is 102 Å². The number of nitrogens with one attached hydrogen (secondary N) is 2. The van der Waals surface area contributed by atoms with Crippen LogP contribution in [0.25, 0.3) is 11.0 Å². The molecule has 30 heavy (non-hydrogen) atoms. The Labute approximate surface area is 173 Å². The van der Waals surface area contributed by atoms with Gasteiger partial charge in [-0.2, -0.15) is 0 Å². The summed E-state index contributed by atoms with van der Waals surface area (Å²) in [5.41, 5.74) is 3.80. The number of fused-ring (bicyclic) bond motifs is 1. The van der Waals surface area contributed by atoms with Crippen molar-refractivity contribution in [1.82, 2.24) is 15.3 Å². The maximum absolute atomic E-state index is 12.8. The highest BCUT2D eigenvalue weighted by molar-refractivity contribution is 5.99. The van der Waals surface area contributed by atoms with E-state index in [4.69, 9.17) is 4.74 Å². The lowest BCUT2D eigenvalue weighted by atomic mass is 10.1. The van der Waals surface area contributed by atoms with Gasteiger partial charge in [0, 0.05) is 12.0 Å². The van der Waals surface area contributed by atoms with E-state index in [-0.39, 0.29) is 12.5 Å². The van der Waals surface area contributed by atoms with Crippen LogP contribution >= 0.6 is 0 Å². The van der Waals surface area contributed by atoms with Gasteiger partial charge in [-0.25, -0.2) is 9.78 Å². The number of ether oxygens (including phenoxy) is 1. The summed E-state index contributed by atoms with van der Waals surface area (Å²) in [5.74, 6) is -0.817. The normalized spacial score (nSPS) is 11.7. The molecule has 0 spiro atoms. The van der Waals surface area contributed by atoms with Gasteiger partial charge >= 0.3 is 5.97 Å². The third-order valence-corrected chi connectivity index (χ3v) is 4.78. The second-order valence-corrected chi connectivity index (χ2v) is 6.94. The van der Waals surface area contributed by atoms with Gasteiger partial charge in [0.1, 0.15) is 12.6 Å². The van der Waals surface area contributed by atoms with Crippen LogP contribution in [-0.4, -0.2) is 27.9 Å². The van der Waals surface area contributed by atoms with E-state index in [9.17, 15) is 9.59 Å². The summed E-state index contributed by atoms with van der Waals surface area (Å²) in [7, 11) is 0. The van der Waals surface area contributed by atoms with Gasteiger partial charge in [0.05, 0.1) is 17.4 Å². The minimum atomic E-state index is -0.805. The lowest BCUT2D eigenvalue weighted by Gasteiger charge is -2.18. The van der Waals surface area contributed by atoms with E-state index in [0.717, 1.165) is 22.2 Å². The largest absolute Gasteiger partial charge is 0.459 e. The van der Waals surface area contributed by atoms with E-state index in [2.05, 4.69) is 15.3 Å². The first-order valence-corrected chi connectivity index (χ1v) is 9.67. The predicted octanol–water partition coefficient (Wildman–Crippen LogP) is 3.65. The molecule has 0 aliphatic carbocycles. The van der Waals surface area contributed by atoms with Crippen LogP contribution in [0.2, 0.25) is 0 Å². The number of imidazole rings is 1. The Kier molecular flexibility index (Phi) is 5.85. The Hall–Kier alpha value is -3.93. The fourth-order valence-electron chi connectivity index (χ4n) is 3.19. The smallest absolute Gasteiger partial charge is 0.329 e. The zero-order valence-corrected chi connectivity index (χ0v) is 16.2. The van der Waals surface area contributed by atoms with Crippen LogP contribution < -0.4 is 5.32 Å². The Morgan fingerprint density at radius 2 is 1.63 bits per heavy atom. The molecule has 0 radical (unpaired) electrons. The number of carbonyl (C=O) groups is 2. The molecule has 1 heterocycles. The number of rotatable bonds is 7. The first-order chi connectivity index (χ1) is 14.7. The molecular formula is C24H21N3O3. The molecule has 6 nitrogen and oxygen atoms in total. The predicted molar refractivity (Wildman–Crippen MR) is 114 cm³/mol. The Bertz CT molecular complexity index is 1140. The van der Waals surface area contributed by atoms with Crippen molar-refractivity contribution in [2.24, 2.45) is 0 Å². The SMILES string of the molecule is O=C(N[C@@H](Cc1ccccc1)C(=O)OCc1ccccc1)c1ccc2nc[nH]c2c1. The molecule has 1 aromatic heterocycles. The highest BCUT2D eigenvalue weighted by Crippen LogP contribution is 2.13. The minimum absolute atomic E-state index is 0.154. The molecule has 4 rings (SSSR count). The quantitative estimate of drug-likeness (QED) is 0.465. The fraction of sp³-hybridized carbons (Fsp3) is 0.125. The molecule has 0 saturated heterocycles. The number of hydrogen-bond donors (Lipinski definition) is 2. The average molecular weight is 399 g/mol. The van der Waals surface area contributed by atoms with Crippen molar-refractivity contribution < 1.29 is 14.3 Å². The molecule has 150 valence electrons. The van der Waals surface area contributed by atoms with Crippen molar-refractivity contribution in [2.45, 2.75) is 19.1 Å². The van der Waals surface area contributed by atoms with Crippen LogP contribution in [0, 0.1) is 0 Å². The van der Waals surface area contributed by atoms with Crippen molar-refractivity contribution in [3.63, 3.8) is 0 Å². The van der Waals surface area contributed by atoms with E-state index < -0.39 is 12.0 Å². The van der Waals surface area contributed by atoms with Crippen LogP contribution in [0.15, 0.2) is 85.2 Å². The molecule has 0 saturated carbocycles.